The summed E-state index contributed by atoms with van der Waals surface area (Å²) in [4.78, 5) is 33.8. The van der Waals surface area contributed by atoms with Crippen LogP contribution in [0.4, 0.5) is 5.69 Å². The number of aryl methyl sites for hydroxylation is 2. The Morgan fingerprint density at radius 3 is 2.92 bits per heavy atom. The number of piperazine rings is 1. The van der Waals surface area contributed by atoms with Crippen molar-refractivity contribution in [2.45, 2.75) is 32.7 Å². The van der Waals surface area contributed by atoms with E-state index in [9.17, 15) is 9.59 Å². The molecule has 0 spiro atoms. The van der Waals surface area contributed by atoms with Crippen LogP contribution in [0.25, 0.3) is 0 Å². The van der Waals surface area contributed by atoms with Gasteiger partial charge in [0.05, 0.1) is 11.2 Å². The molecule has 25 heavy (non-hydrogen) atoms. The molecule has 0 N–H and O–H groups in total. The molecule has 0 aliphatic carbocycles. The van der Waals surface area contributed by atoms with E-state index in [-0.39, 0.29) is 24.4 Å². The quantitative estimate of drug-likeness (QED) is 0.821. The molecule has 3 rings (SSSR count). The van der Waals surface area contributed by atoms with Crippen molar-refractivity contribution in [3.05, 3.63) is 45.4 Å². The molecule has 2 amide bonds. The molecule has 5 nitrogen and oxygen atoms in total. The minimum absolute atomic E-state index is 0.0133. The van der Waals surface area contributed by atoms with Crippen LogP contribution in [0.2, 0.25) is 5.02 Å². The first-order valence-electron chi connectivity index (χ1n) is 8.20. The van der Waals surface area contributed by atoms with Crippen LogP contribution in [0.15, 0.2) is 29.8 Å². The van der Waals surface area contributed by atoms with E-state index in [0.29, 0.717) is 24.4 Å². The predicted octanol–water partition coefficient (Wildman–Crippen LogP) is 3.30. The topological polar surface area (TPSA) is 53.5 Å². The fourth-order valence-corrected chi connectivity index (χ4v) is 3.97. The molecular formula is C18H20ClN3O2S. The lowest BCUT2D eigenvalue weighted by molar-refractivity contribution is -0.139. The highest BCUT2D eigenvalue weighted by Crippen LogP contribution is 2.24. The minimum Gasteiger partial charge on any atom is -0.329 e. The van der Waals surface area contributed by atoms with Gasteiger partial charge in [0.25, 0.3) is 0 Å². The van der Waals surface area contributed by atoms with Crippen LogP contribution in [0.1, 0.15) is 23.9 Å². The lowest BCUT2D eigenvalue weighted by Gasteiger charge is -2.39. The van der Waals surface area contributed by atoms with Crippen molar-refractivity contribution in [1.82, 2.24) is 9.88 Å². The van der Waals surface area contributed by atoms with E-state index in [4.69, 9.17) is 11.6 Å². The molecule has 0 unspecified atom stereocenters. The SMILES string of the molecule is Cc1ncsc1CCC(=O)N1CC(=O)N(c2cccc(Cl)c2)C[C@H]1C. The summed E-state index contributed by atoms with van der Waals surface area (Å²) in [7, 11) is 0. The maximum absolute atomic E-state index is 12.6. The van der Waals surface area contributed by atoms with Crippen LogP contribution in [0.3, 0.4) is 0 Å². The number of benzene rings is 1. The molecule has 2 aromatic rings. The Morgan fingerprint density at radius 1 is 1.44 bits per heavy atom. The Hall–Kier alpha value is -1.92. The second-order valence-corrected chi connectivity index (χ2v) is 7.59. The first-order chi connectivity index (χ1) is 12.0. The number of halogens is 1. The van der Waals surface area contributed by atoms with Crippen molar-refractivity contribution in [3.63, 3.8) is 0 Å². The zero-order valence-electron chi connectivity index (χ0n) is 14.2. The van der Waals surface area contributed by atoms with Crippen molar-refractivity contribution >= 4 is 40.4 Å². The number of nitrogens with zero attached hydrogens (tertiary/aromatic N) is 3. The standard InChI is InChI=1S/C18H20ClN3O2S/c1-12-9-22(15-5-3-4-14(19)8-15)18(24)10-21(12)17(23)7-6-16-13(2)20-11-25-16/h3-5,8,11-12H,6-7,9-10H2,1-2H3/t12-/m1/s1. The average molecular weight is 378 g/mol. The van der Waals surface area contributed by atoms with Gasteiger partial charge in [0, 0.05) is 34.6 Å². The van der Waals surface area contributed by atoms with E-state index < -0.39 is 0 Å². The Labute approximate surface area is 156 Å². The van der Waals surface area contributed by atoms with Crippen molar-refractivity contribution in [2.24, 2.45) is 0 Å². The molecule has 132 valence electrons. The van der Waals surface area contributed by atoms with Crippen molar-refractivity contribution in [3.8, 4) is 0 Å². The third kappa shape index (κ3) is 4.02. The van der Waals surface area contributed by atoms with Crippen LogP contribution < -0.4 is 4.90 Å². The van der Waals surface area contributed by atoms with Gasteiger partial charge in [-0.1, -0.05) is 17.7 Å². The highest BCUT2D eigenvalue weighted by molar-refractivity contribution is 7.09. The van der Waals surface area contributed by atoms with Gasteiger partial charge in [0.15, 0.2) is 0 Å². The molecule has 1 aliphatic rings. The Kier molecular flexibility index (Phi) is 5.39. The van der Waals surface area contributed by atoms with Gasteiger partial charge in [-0.2, -0.15) is 0 Å². The summed E-state index contributed by atoms with van der Waals surface area (Å²) < 4.78 is 0. The molecule has 1 aromatic carbocycles. The zero-order chi connectivity index (χ0) is 18.0. The van der Waals surface area contributed by atoms with Gasteiger partial charge >= 0.3 is 0 Å². The number of amides is 2. The second-order valence-electron chi connectivity index (χ2n) is 6.22. The molecule has 7 heteroatoms. The van der Waals surface area contributed by atoms with Crippen LogP contribution in [-0.4, -0.2) is 40.8 Å². The minimum atomic E-state index is -0.0808. The van der Waals surface area contributed by atoms with Crippen LogP contribution in [0.5, 0.6) is 0 Å². The highest BCUT2D eigenvalue weighted by atomic mass is 35.5. The fourth-order valence-electron chi connectivity index (χ4n) is 3.01. The summed E-state index contributed by atoms with van der Waals surface area (Å²) in [5, 5.41) is 0.594. The van der Waals surface area contributed by atoms with Crippen molar-refractivity contribution < 1.29 is 9.59 Å². The average Bonchev–Trinajstić information content (AvgIpc) is 2.99. The van der Waals surface area contributed by atoms with E-state index in [1.807, 2.05) is 26.0 Å². The lowest BCUT2D eigenvalue weighted by Crippen LogP contribution is -2.57. The van der Waals surface area contributed by atoms with Gasteiger partial charge in [0.1, 0.15) is 6.54 Å². The summed E-state index contributed by atoms with van der Waals surface area (Å²) >= 11 is 7.59. The second kappa shape index (κ2) is 7.54. The number of carbonyl (C=O) groups is 2. The van der Waals surface area contributed by atoms with Gasteiger partial charge in [-0.15, -0.1) is 11.3 Å². The molecule has 1 fully saturated rings. The lowest BCUT2D eigenvalue weighted by atomic mass is 10.1. The number of aromatic nitrogens is 1. The van der Waals surface area contributed by atoms with E-state index >= 15 is 0 Å². The van der Waals surface area contributed by atoms with Crippen molar-refractivity contribution in [1.29, 1.82) is 0 Å². The number of rotatable bonds is 4. The van der Waals surface area contributed by atoms with Crippen LogP contribution >= 0.6 is 22.9 Å². The van der Waals surface area contributed by atoms with E-state index in [0.717, 1.165) is 16.3 Å². The summed E-state index contributed by atoms with van der Waals surface area (Å²) in [6, 6.07) is 7.20. The van der Waals surface area contributed by atoms with Gasteiger partial charge in [0.2, 0.25) is 11.8 Å². The van der Waals surface area contributed by atoms with Gasteiger partial charge in [-0.05, 0) is 38.5 Å². The third-order valence-corrected chi connectivity index (χ3v) is 5.67. The number of hydrogen-bond acceptors (Lipinski definition) is 4. The summed E-state index contributed by atoms with van der Waals surface area (Å²) in [5.74, 6) is -0.0675. The Bertz CT molecular complexity index is 792. The number of hydrogen-bond donors (Lipinski definition) is 0. The van der Waals surface area contributed by atoms with Gasteiger partial charge in [-0.3, -0.25) is 9.59 Å². The third-order valence-electron chi connectivity index (χ3n) is 4.44. The number of carbonyl (C=O) groups excluding carboxylic acids is 2. The molecule has 0 saturated carbocycles. The van der Waals surface area contributed by atoms with E-state index in [1.54, 1.807) is 38.8 Å². The molecular weight excluding hydrogens is 358 g/mol. The van der Waals surface area contributed by atoms with Crippen molar-refractivity contribution in [2.75, 3.05) is 18.0 Å². The summed E-state index contributed by atoms with van der Waals surface area (Å²) in [6.07, 6.45) is 1.07. The largest absolute Gasteiger partial charge is 0.329 e. The fraction of sp³-hybridized carbons (Fsp3) is 0.389. The summed E-state index contributed by atoms with van der Waals surface area (Å²) in [6.45, 7) is 4.50. The maximum Gasteiger partial charge on any atom is 0.246 e. The van der Waals surface area contributed by atoms with Gasteiger partial charge < -0.3 is 9.80 Å². The number of anilines is 1. The van der Waals surface area contributed by atoms with Gasteiger partial charge in [-0.25, -0.2) is 4.98 Å². The number of thiazole rings is 1. The molecule has 0 radical (unpaired) electrons. The first kappa shape index (κ1) is 17.9. The van der Waals surface area contributed by atoms with E-state index in [2.05, 4.69) is 4.98 Å². The molecule has 0 bridgehead atoms. The van der Waals surface area contributed by atoms with Crippen LogP contribution in [-0.2, 0) is 16.0 Å². The molecule has 1 atom stereocenters. The predicted molar refractivity (Wildman–Crippen MR) is 100 cm³/mol. The smallest absolute Gasteiger partial charge is 0.246 e. The molecule has 1 aromatic heterocycles. The Morgan fingerprint density at radius 2 is 2.24 bits per heavy atom. The molecule has 2 heterocycles. The van der Waals surface area contributed by atoms with Crippen LogP contribution in [0, 0.1) is 6.92 Å². The maximum atomic E-state index is 12.6. The first-order valence-corrected chi connectivity index (χ1v) is 9.46. The Balaban J connectivity index is 1.64. The zero-order valence-corrected chi connectivity index (χ0v) is 15.8. The monoisotopic (exact) mass is 377 g/mol. The normalized spacial score (nSPS) is 17.9. The summed E-state index contributed by atoms with van der Waals surface area (Å²) in [5.41, 5.74) is 3.55. The highest BCUT2D eigenvalue weighted by Gasteiger charge is 2.33. The molecule has 1 saturated heterocycles. The van der Waals surface area contributed by atoms with E-state index in [1.165, 1.54) is 0 Å². The molecule has 1 aliphatic heterocycles.